The van der Waals surface area contributed by atoms with Crippen molar-refractivity contribution in [2.45, 2.75) is 147 Å². The molecule has 2 aliphatic carbocycles. The molecule has 5 heterocycles. The number of aliphatic hydroxyl groups is 1. The molecule has 14 nitrogen and oxygen atoms in total. The summed E-state index contributed by atoms with van der Waals surface area (Å²) in [6.07, 6.45) is 7.34. The standard InChI is InChI=1S/C55H67BrFN9O5S/c1-33-30-62(26-27-63(33)38-21-22-42-44(28-38)65(37-12-8-9-13-37)53-61-50(69)46-40(56)14-11-16-43(46)66(42)53)25-10-6-7-15-41(35-17-19-36(20-18-35)47-34(2)58-32-72-47)59-49(68)45-29-39(67)31-64(45)51(70)48(54(3,4)5)60-52(71)55(57)23-24-55/h11,14,16-22,28,32-33,37,39,41,45,48,67H,6-10,12-13,15,23-27,29-31H2,1-5H3,(H,59,68)(H,60,71)/t33-,39-,41+,45+,48-/m1/s1. The SMILES string of the molecule is Cc1ncsc1-c1ccc([C@H](CCCCCN2CCN(c3ccc4c(c3)n(C3CCCC3)c3nc(=O)c5c(Br)cccc5n43)[C@H](C)C2)NC(=O)[C@@H]2C[C@@H](O)CN2C(=O)[C@@H](NC(=O)C2(F)CC2)C(C)(C)C)cc1. The van der Waals surface area contributed by atoms with E-state index in [1.807, 2.05) is 42.8 Å². The van der Waals surface area contributed by atoms with Gasteiger partial charge in [-0.3, -0.25) is 28.5 Å². The third-order valence-corrected chi connectivity index (χ3v) is 17.3. The lowest BCUT2D eigenvalue weighted by Gasteiger charge is -2.41. The molecule has 3 N–H and O–H groups in total. The van der Waals surface area contributed by atoms with Crippen molar-refractivity contribution >= 4 is 78.4 Å². The van der Waals surface area contributed by atoms with E-state index in [9.17, 15) is 28.7 Å². The number of anilines is 1. The monoisotopic (exact) mass is 1060 g/mol. The molecule has 10 rings (SSSR count). The van der Waals surface area contributed by atoms with Crippen LogP contribution in [0, 0.1) is 12.3 Å². The summed E-state index contributed by atoms with van der Waals surface area (Å²) in [5.74, 6) is -0.963. The second kappa shape index (κ2) is 20.2. The number of likely N-dealkylation sites (tertiary alicyclic amines) is 1. The van der Waals surface area contributed by atoms with Crippen LogP contribution >= 0.6 is 27.3 Å². The molecule has 382 valence electrons. The average Bonchev–Trinajstić information content (AvgIpc) is 3.80. The molecule has 0 spiro atoms. The van der Waals surface area contributed by atoms with Crippen molar-refractivity contribution in [1.29, 1.82) is 0 Å². The molecule has 4 aliphatic rings. The van der Waals surface area contributed by atoms with E-state index in [0.29, 0.717) is 23.6 Å². The number of hydrogen-bond donors (Lipinski definition) is 3. The smallest absolute Gasteiger partial charge is 0.283 e. The van der Waals surface area contributed by atoms with E-state index in [4.69, 9.17) is 4.98 Å². The zero-order chi connectivity index (χ0) is 50.6. The average molecular weight is 1070 g/mol. The number of piperazine rings is 1. The van der Waals surface area contributed by atoms with Gasteiger partial charge in [-0.25, -0.2) is 9.37 Å². The van der Waals surface area contributed by atoms with Crippen molar-refractivity contribution in [1.82, 2.24) is 39.4 Å². The quantitative estimate of drug-likeness (QED) is 0.0855. The molecule has 6 aromatic rings. The number of aliphatic hydroxyl groups excluding tert-OH is 1. The minimum atomic E-state index is -1.96. The highest BCUT2D eigenvalue weighted by atomic mass is 79.9. The van der Waals surface area contributed by atoms with E-state index in [-0.39, 0.29) is 49.4 Å². The minimum Gasteiger partial charge on any atom is -0.391 e. The van der Waals surface area contributed by atoms with Crippen molar-refractivity contribution in [3.05, 3.63) is 92.3 Å². The zero-order valence-corrected chi connectivity index (χ0v) is 44.4. The van der Waals surface area contributed by atoms with Crippen molar-refractivity contribution in [2.24, 2.45) is 5.41 Å². The van der Waals surface area contributed by atoms with Crippen LogP contribution < -0.4 is 21.1 Å². The Morgan fingerprint density at radius 2 is 1.72 bits per heavy atom. The molecule has 72 heavy (non-hydrogen) atoms. The number of rotatable bonds is 15. The fourth-order valence-electron chi connectivity index (χ4n) is 11.6. The Labute approximate surface area is 432 Å². The molecule has 3 aromatic heterocycles. The molecule has 2 saturated carbocycles. The summed E-state index contributed by atoms with van der Waals surface area (Å²) < 4.78 is 20.1. The van der Waals surface area contributed by atoms with Crippen molar-refractivity contribution in [3.63, 3.8) is 0 Å². The van der Waals surface area contributed by atoms with Crippen molar-refractivity contribution in [3.8, 4) is 10.4 Å². The minimum absolute atomic E-state index is 0.0567. The zero-order valence-electron chi connectivity index (χ0n) is 42.0. The Kier molecular flexibility index (Phi) is 14.1. The Morgan fingerprint density at radius 1 is 0.958 bits per heavy atom. The summed E-state index contributed by atoms with van der Waals surface area (Å²) in [7, 11) is 0. The van der Waals surface area contributed by atoms with Crippen LogP contribution in [0.3, 0.4) is 0 Å². The van der Waals surface area contributed by atoms with Gasteiger partial charge in [0, 0.05) is 54.8 Å². The maximum Gasteiger partial charge on any atom is 0.283 e. The third-order valence-electron chi connectivity index (χ3n) is 15.7. The second-order valence-electron chi connectivity index (χ2n) is 21.9. The summed E-state index contributed by atoms with van der Waals surface area (Å²) in [6.45, 7) is 13.3. The van der Waals surface area contributed by atoms with Gasteiger partial charge in [-0.05, 0) is 122 Å². The van der Waals surface area contributed by atoms with Crippen LogP contribution in [0.4, 0.5) is 10.1 Å². The van der Waals surface area contributed by atoms with Crippen LogP contribution in [0.15, 0.2) is 75.4 Å². The molecule has 5 atom stereocenters. The van der Waals surface area contributed by atoms with E-state index >= 15 is 0 Å². The van der Waals surface area contributed by atoms with Gasteiger partial charge in [-0.15, -0.1) is 11.3 Å². The Morgan fingerprint density at radius 3 is 2.42 bits per heavy atom. The number of nitrogens with one attached hydrogen (secondary N) is 2. The van der Waals surface area contributed by atoms with Crippen molar-refractivity contribution < 1.29 is 23.9 Å². The normalized spacial score (nSPS) is 21.5. The lowest BCUT2D eigenvalue weighted by Crippen LogP contribution is -2.59. The molecule has 2 aliphatic heterocycles. The van der Waals surface area contributed by atoms with Gasteiger partial charge in [-0.2, -0.15) is 4.98 Å². The first kappa shape index (κ1) is 50.3. The predicted octanol–water partition coefficient (Wildman–Crippen LogP) is 9.04. The number of β-amino-alcohol motifs (C(OH)–C–C–N with tert-alkyl or cyclic N) is 1. The maximum atomic E-state index is 14.8. The number of carbonyl (C=O) groups excluding carboxylic acids is 3. The highest BCUT2D eigenvalue weighted by molar-refractivity contribution is 9.10. The number of aromatic nitrogens is 4. The molecule has 0 unspecified atom stereocenters. The number of benzene rings is 3. The lowest BCUT2D eigenvalue weighted by molar-refractivity contribution is -0.145. The van der Waals surface area contributed by atoms with Gasteiger partial charge < -0.3 is 30.1 Å². The summed E-state index contributed by atoms with van der Waals surface area (Å²) in [4.78, 5) is 71.6. The first-order valence-electron chi connectivity index (χ1n) is 25.9. The maximum absolute atomic E-state index is 14.8. The number of halogens is 2. The number of nitrogens with zero attached hydrogens (tertiary/aromatic N) is 7. The number of imidazole rings is 1. The van der Waals surface area contributed by atoms with Gasteiger partial charge in [0.15, 0.2) is 5.67 Å². The van der Waals surface area contributed by atoms with Gasteiger partial charge in [0.2, 0.25) is 17.6 Å². The number of thiazole rings is 1. The predicted molar refractivity (Wildman–Crippen MR) is 285 cm³/mol. The Hall–Kier alpha value is -5.23. The summed E-state index contributed by atoms with van der Waals surface area (Å²) >= 11 is 5.20. The summed E-state index contributed by atoms with van der Waals surface area (Å²) in [6, 6.07) is 19.0. The Balaban J connectivity index is 0.799. The van der Waals surface area contributed by atoms with Crippen molar-refractivity contribution in [2.75, 3.05) is 37.6 Å². The van der Waals surface area contributed by atoms with Crippen LogP contribution in [-0.4, -0.2) is 114 Å². The van der Waals surface area contributed by atoms with Gasteiger partial charge >= 0.3 is 0 Å². The number of unbranched alkanes of at least 4 members (excludes halogenated alkanes) is 2. The number of aryl methyl sites for hydroxylation is 1. The van der Waals surface area contributed by atoms with Crippen LogP contribution in [0.1, 0.15) is 122 Å². The summed E-state index contributed by atoms with van der Waals surface area (Å²) in [5, 5.41) is 17.4. The largest absolute Gasteiger partial charge is 0.391 e. The van der Waals surface area contributed by atoms with Gasteiger partial charge in [0.05, 0.1) is 50.2 Å². The topological polar surface area (TPSA) is 157 Å². The van der Waals surface area contributed by atoms with E-state index in [2.05, 4.69) is 87.6 Å². The molecule has 3 aromatic carbocycles. The molecule has 0 radical (unpaired) electrons. The first-order valence-corrected chi connectivity index (χ1v) is 27.6. The molecule has 3 amide bonds. The Bertz CT molecular complexity index is 3070. The molecule has 4 fully saturated rings. The van der Waals surface area contributed by atoms with Gasteiger partial charge in [0.25, 0.3) is 11.5 Å². The van der Waals surface area contributed by atoms with Gasteiger partial charge in [-0.1, -0.05) is 76.8 Å². The lowest BCUT2D eigenvalue weighted by atomic mass is 9.85. The van der Waals surface area contributed by atoms with Gasteiger partial charge in [0.1, 0.15) is 12.1 Å². The van der Waals surface area contributed by atoms with Crippen LogP contribution in [0.25, 0.3) is 38.2 Å². The molecular weight excluding hydrogens is 998 g/mol. The van der Waals surface area contributed by atoms with Crippen LogP contribution in [0.2, 0.25) is 0 Å². The van der Waals surface area contributed by atoms with E-state index < -0.39 is 41.1 Å². The molecule has 2 saturated heterocycles. The fraction of sp³-hybridized carbons (Fsp3) is 0.527. The highest BCUT2D eigenvalue weighted by Crippen LogP contribution is 2.41. The molecule has 0 bridgehead atoms. The van der Waals surface area contributed by atoms with Crippen LogP contribution in [-0.2, 0) is 14.4 Å². The number of fused-ring (bicyclic) bond motifs is 5. The third kappa shape index (κ3) is 9.94. The number of hydrogen-bond acceptors (Lipinski definition) is 10. The fourth-order valence-corrected chi connectivity index (χ4v) is 12.9. The molecular formula is C55H67BrFN9O5S. The highest BCUT2D eigenvalue weighted by Gasteiger charge is 2.53. The van der Waals surface area contributed by atoms with Crippen LogP contribution in [0.5, 0.6) is 0 Å². The van der Waals surface area contributed by atoms with E-state index in [0.717, 1.165) is 101 Å². The molecule has 17 heteroatoms. The second-order valence-corrected chi connectivity index (χ2v) is 23.7. The number of amides is 3. The summed E-state index contributed by atoms with van der Waals surface area (Å²) in [5.41, 5.74) is 6.05. The number of alkyl halides is 1. The van der Waals surface area contributed by atoms with E-state index in [1.165, 1.54) is 23.4 Å². The number of carbonyl (C=O) groups is 3. The first-order chi connectivity index (χ1) is 34.5. The van der Waals surface area contributed by atoms with E-state index in [1.54, 1.807) is 32.1 Å².